The molecule has 0 saturated heterocycles. The number of hydrogen-bond donors (Lipinski definition) is 1. The summed E-state index contributed by atoms with van der Waals surface area (Å²) in [6.45, 7) is 9.55. The van der Waals surface area contributed by atoms with E-state index in [4.69, 9.17) is 11.6 Å². The summed E-state index contributed by atoms with van der Waals surface area (Å²) in [5, 5.41) is 6.57. The smallest absolute Gasteiger partial charge is 0.0686 e. The summed E-state index contributed by atoms with van der Waals surface area (Å²) in [4.78, 5) is 1.21. The summed E-state index contributed by atoms with van der Waals surface area (Å²) >= 11 is 8.18. The highest BCUT2D eigenvalue weighted by atomic mass is 35.5. The van der Waals surface area contributed by atoms with E-state index in [0.717, 1.165) is 17.1 Å². The SMILES string of the molecule is CCNC(c1ccc(C(C)C)cc1)c1scc(C)c1Cl. The second kappa shape index (κ2) is 6.75. The van der Waals surface area contributed by atoms with Crippen LogP contribution in [0.2, 0.25) is 5.02 Å². The Hall–Kier alpha value is -0.830. The molecule has 1 N–H and O–H groups in total. The number of aryl methyl sites for hydroxylation is 1. The monoisotopic (exact) mass is 307 g/mol. The third-order valence-electron chi connectivity index (χ3n) is 3.53. The lowest BCUT2D eigenvalue weighted by Gasteiger charge is -2.18. The van der Waals surface area contributed by atoms with Gasteiger partial charge in [-0.2, -0.15) is 0 Å². The first-order valence-electron chi connectivity index (χ1n) is 7.11. The molecule has 0 bridgehead atoms. The summed E-state index contributed by atoms with van der Waals surface area (Å²) in [5.74, 6) is 0.564. The first-order valence-corrected chi connectivity index (χ1v) is 8.37. The Bertz CT molecular complexity index is 557. The van der Waals surface area contributed by atoms with Crippen LogP contribution >= 0.6 is 22.9 Å². The average molecular weight is 308 g/mol. The normalized spacial score (nSPS) is 12.9. The van der Waals surface area contributed by atoms with E-state index < -0.39 is 0 Å². The summed E-state index contributed by atoms with van der Waals surface area (Å²) in [6, 6.07) is 9.06. The van der Waals surface area contributed by atoms with Crippen LogP contribution in [0.25, 0.3) is 0 Å². The molecular weight excluding hydrogens is 286 g/mol. The molecule has 20 heavy (non-hydrogen) atoms. The molecule has 108 valence electrons. The van der Waals surface area contributed by atoms with Gasteiger partial charge in [0.25, 0.3) is 0 Å². The van der Waals surface area contributed by atoms with E-state index >= 15 is 0 Å². The molecule has 1 heterocycles. The fraction of sp³-hybridized carbons (Fsp3) is 0.412. The molecule has 0 aliphatic carbocycles. The zero-order valence-electron chi connectivity index (χ0n) is 12.5. The molecule has 2 aromatic rings. The van der Waals surface area contributed by atoms with Gasteiger partial charge >= 0.3 is 0 Å². The molecule has 0 saturated carbocycles. The Labute approximate surface area is 131 Å². The molecule has 0 amide bonds. The molecule has 1 atom stereocenters. The minimum Gasteiger partial charge on any atom is -0.306 e. The van der Waals surface area contributed by atoms with Crippen LogP contribution in [0.3, 0.4) is 0 Å². The zero-order chi connectivity index (χ0) is 14.7. The summed E-state index contributed by atoms with van der Waals surface area (Å²) in [7, 11) is 0. The predicted octanol–water partition coefficient (Wildman–Crippen LogP) is 5.53. The lowest BCUT2D eigenvalue weighted by atomic mass is 9.98. The third kappa shape index (κ3) is 3.25. The molecule has 0 spiro atoms. The van der Waals surface area contributed by atoms with Crippen LogP contribution in [0.4, 0.5) is 0 Å². The van der Waals surface area contributed by atoms with Gasteiger partial charge in [0.1, 0.15) is 0 Å². The van der Waals surface area contributed by atoms with Crippen molar-refractivity contribution in [1.82, 2.24) is 5.32 Å². The standard InChI is InChI=1S/C17H22ClNS/c1-5-19-16(17-15(18)12(4)10-20-17)14-8-6-13(7-9-14)11(2)3/h6-11,16,19H,5H2,1-4H3. The quantitative estimate of drug-likeness (QED) is 0.765. The Morgan fingerprint density at radius 1 is 1.15 bits per heavy atom. The molecule has 0 fully saturated rings. The third-order valence-corrected chi connectivity index (χ3v) is 5.31. The first kappa shape index (κ1) is 15.6. The number of rotatable bonds is 5. The minimum absolute atomic E-state index is 0.187. The Morgan fingerprint density at radius 3 is 2.20 bits per heavy atom. The van der Waals surface area contributed by atoms with E-state index in [1.54, 1.807) is 11.3 Å². The van der Waals surface area contributed by atoms with E-state index in [9.17, 15) is 0 Å². The highest BCUT2D eigenvalue weighted by Crippen LogP contribution is 2.36. The Morgan fingerprint density at radius 2 is 1.75 bits per heavy atom. The van der Waals surface area contributed by atoms with Crippen molar-refractivity contribution >= 4 is 22.9 Å². The van der Waals surface area contributed by atoms with Gasteiger partial charge in [-0.15, -0.1) is 11.3 Å². The molecule has 1 nitrogen and oxygen atoms in total. The van der Waals surface area contributed by atoms with E-state index in [-0.39, 0.29) is 6.04 Å². The van der Waals surface area contributed by atoms with Crippen molar-refractivity contribution in [2.24, 2.45) is 0 Å². The van der Waals surface area contributed by atoms with Crippen molar-refractivity contribution < 1.29 is 0 Å². The molecule has 1 aromatic heterocycles. The van der Waals surface area contributed by atoms with Crippen LogP contribution in [-0.2, 0) is 0 Å². The van der Waals surface area contributed by atoms with Crippen LogP contribution in [0.5, 0.6) is 0 Å². The van der Waals surface area contributed by atoms with E-state index in [0.29, 0.717) is 5.92 Å². The van der Waals surface area contributed by atoms with Gasteiger partial charge in [-0.1, -0.05) is 56.6 Å². The van der Waals surface area contributed by atoms with Crippen LogP contribution in [0.1, 0.15) is 54.3 Å². The van der Waals surface area contributed by atoms with Gasteiger partial charge in [-0.25, -0.2) is 0 Å². The number of thiophene rings is 1. The molecule has 1 aromatic carbocycles. The van der Waals surface area contributed by atoms with Gasteiger partial charge in [-0.05, 0) is 41.5 Å². The van der Waals surface area contributed by atoms with Gasteiger partial charge < -0.3 is 5.32 Å². The van der Waals surface area contributed by atoms with Gasteiger partial charge in [0.15, 0.2) is 0 Å². The molecule has 1 unspecified atom stereocenters. The molecule has 3 heteroatoms. The minimum atomic E-state index is 0.187. The highest BCUT2D eigenvalue weighted by Gasteiger charge is 2.19. The summed E-state index contributed by atoms with van der Waals surface area (Å²) in [5.41, 5.74) is 3.81. The fourth-order valence-electron chi connectivity index (χ4n) is 2.28. The van der Waals surface area contributed by atoms with Crippen molar-refractivity contribution in [3.63, 3.8) is 0 Å². The first-order chi connectivity index (χ1) is 9.54. The average Bonchev–Trinajstić information content (AvgIpc) is 2.77. The lowest BCUT2D eigenvalue weighted by molar-refractivity contribution is 0.639. The Balaban J connectivity index is 2.35. The number of nitrogens with one attached hydrogen (secondary N) is 1. The molecule has 2 rings (SSSR count). The van der Waals surface area contributed by atoms with Gasteiger partial charge in [0.2, 0.25) is 0 Å². The zero-order valence-corrected chi connectivity index (χ0v) is 14.1. The van der Waals surface area contributed by atoms with Gasteiger partial charge in [0.05, 0.1) is 11.1 Å². The number of benzene rings is 1. The molecule has 0 radical (unpaired) electrons. The summed E-state index contributed by atoms with van der Waals surface area (Å²) < 4.78 is 0. The van der Waals surface area contributed by atoms with Crippen LogP contribution in [0, 0.1) is 6.92 Å². The summed E-state index contributed by atoms with van der Waals surface area (Å²) in [6.07, 6.45) is 0. The van der Waals surface area contributed by atoms with Gasteiger partial charge in [0, 0.05) is 4.88 Å². The maximum Gasteiger partial charge on any atom is 0.0686 e. The topological polar surface area (TPSA) is 12.0 Å². The second-order valence-corrected chi connectivity index (χ2v) is 6.70. The maximum atomic E-state index is 6.44. The predicted molar refractivity (Wildman–Crippen MR) is 90.1 cm³/mol. The van der Waals surface area contributed by atoms with E-state index in [2.05, 4.69) is 62.7 Å². The second-order valence-electron chi connectivity index (χ2n) is 5.41. The van der Waals surface area contributed by atoms with Crippen molar-refractivity contribution in [3.8, 4) is 0 Å². The lowest BCUT2D eigenvalue weighted by Crippen LogP contribution is -2.21. The number of hydrogen-bond acceptors (Lipinski definition) is 2. The van der Waals surface area contributed by atoms with Crippen molar-refractivity contribution in [2.75, 3.05) is 6.54 Å². The van der Waals surface area contributed by atoms with E-state index in [1.165, 1.54) is 16.0 Å². The van der Waals surface area contributed by atoms with Crippen molar-refractivity contribution in [1.29, 1.82) is 0 Å². The molecular formula is C17H22ClNS. The Kier molecular flexibility index (Phi) is 5.25. The van der Waals surface area contributed by atoms with Gasteiger partial charge in [-0.3, -0.25) is 0 Å². The number of halogens is 1. The fourth-order valence-corrected chi connectivity index (χ4v) is 3.69. The van der Waals surface area contributed by atoms with Crippen molar-refractivity contribution in [3.05, 3.63) is 56.2 Å². The van der Waals surface area contributed by atoms with Crippen LogP contribution in [-0.4, -0.2) is 6.54 Å². The molecule has 0 aliphatic rings. The maximum absolute atomic E-state index is 6.44. The van der Waals surface area contributed by atoms with Crippen LogP contribution < -0.4 is 5.32 Å². The highest BCUT2D eigenvalue weighted by molar-refractivity contribution is 7.10. The molecule has 0 aliphatic heterocycles. The van der Waals surface area contributed by atoms with Crippen LogP contribution in [0.15, 0.2) is 29.6 Å². The largest absolute Gasteiger partial charge is 0.306 e. The van der Waals surface area contributed by atoms with E-state index in [1.807, 2.05) is 0 Å². The van der Waals surface area contributed by atoms with Crippen molar-refractivity contribution in [2.45, 2.75) is 39.7 Å².